The van der Waals surface area contributed by atoms with Crippen LogP contribution in [0.1, 0.15) is 19.8 Å². The summed E-state index contributed by atoms with van der Waals surface area (Å²) in [6, 6.07) is 7.22. The third-order valence-corrected chi connectivity index (χ3v) is 5.10. The second kappa shape index (κ2) is 6.26. The molecule has 110 valence electrons. The molecule has 1 aromatic rings. The lowest BCUT2D eigenvalue weighted by atomic mass is 10.0. The molecule has 1 aliphatic rings. The summed E-state index contributed by atoms with van der Waals surface area (Å²) in [5.74, 6) is 0.703. The Morgan fingerprint density at radius 2 is 2.15 bits per heavy atom. The van der Waals surface area contributed by atoms with Crippen molar-refractivity contribution >= 4 is 21.4 Å². The lowest BCUT2D eigenvalue weighted by Crippen LogP contribution is -2.18. The average molecular weight is 297 g/mol. The number of amides is 1. The number of anilines is 1. The van der Waals surface area contributed by atoms with Crippen molar-refractivity contribution in [2.75, 3.05) is 23.4 Å². The van der Waals surface area contributed by atoms with E-state index in [4.69, 9.17) is 4.74 Å². The third-order valence-electron chi connectivity index (χ3n) is 3.26. The van der Waals surface area contributed by atoms with Gasteiger partial charge in [-0.05, 0) is 31.4 Å². The molecule has 5 nitrogen and oxygen atoms in total. The summed E-state index contributed by atoms with van der Waals surface area (Å²) in [5, 5.41) is 2.79. The molecule has 1 N–H and O–H groups in total. The summed E-state index contributed by atoms with van der Waals surface area (Å²) in [5.41, 5.74) is 0.625. The fourth-order valence-corrected chi connectivity index (χ4v) is 4.21. The van der Waals surface area contributed by atoms with Gasteiger partial charge in [0, 0.05) is 6.42 Å². The van der Waals surface area contributed by atoms with Crippen molar-refractivity contribution in [3.05, 3.63) is 24.3 Å². The highest BCUT2D eigenvalue weighted by Crippen LogP contribution is 2.26. The maximum Gasteiger partial charge on any atom is 0.224 e. The van der Waals surface area contributed by atoms with Gasteiger partial charge in [0.1, 0.15) is 5.75 Å². The number of carbonyl (C=O) groups is 1. The maximum atomic E-state index is 12.0. The topological polar surface area (TPSA) is 72.5 Å². The first-order valence-electron chi connectivity index (χ1n) is 6.72. The van der Waals surface area contributed by atoms with Gasteiger partial charge in [0.25, 0.3) is 0 Å². The van der Waals surface area contributed by atoms with Crippen molar-refractivity contribution in [3.63, 3.8) is 0 Å². The molecular weight excluding hydrogens is 278 g/mol. The molecule has 1 fully saturated rings. The van der Waals surface area contributed by atoms with E-state index in [0.717, 1.165) is 0 Å². The molecule has 1 saturated heterocycles. The van der Waals surface area contributed by atoms with Gasteiger partial charge >= 0.3 is 0 Å². The Morgan fingerprint density at radius 3 is 2.80 bits per heavy atom. The highest BCUT2D eigenvalue weighted by atomic mass is 32.2. The van der Waals surface area contributed by atoms with E-state index in [-0.39, 0.29) is 29.8 Å². The van der Waals surface area contributed by atoms with Crippen LogP contribution in [-0.4, -0.2) is 32.4 Å². The first kappa shape index (κ1) is 14.8. The summed E-state index contributed by atoms with van der Waals surface area (Å²) in [6.45, 7) is 2.40. The van der Waals surface area contributed by atoms with Gasteiger partial charge in [-0.2, -0.15) is 0 Å². The van der Waals surface area contributed by atoms with E-state index in [1.807, 2.05) is 19.1 Å². The molecule has 0 spiro atoms. The van der Waals surface area contributed by atoms with Crippen LogP contribution in [0.3, 0.4) is 0 Å². The Morgan fingerprint density at radius 1 is 1.40 bits per heavy atom. The monoisotopic (exact) mass is 297 g/mol. The van der Waals surface area contributed by atoms with Crippen LogP contribution < -0.4 is 10.1 Å². The molecule has 1 amide bonds. The van der Waals surface area contributed by atoms with E-state index in [1.54, 1.807) is 12.1 Å². The molecule has 2 rings (SSSR count). The average Bonchev–Trinajstić information content (AvgIpc) is 2.71. The number of hydrogen-bond acceptors (Lipinski definition) is 4. The number of rotatable bonds is 5. The number of ether oxygens (including phenoxy) is 1. The van der Waals surface area contributed by atoms with Crippen molar-refractivity contribution < 1.29 is 17.9 Å². The number of para-hydroxylation sites is 2. The van der Waals surface area contributed by atoms with Crippen LogP contribution in [-0.2, 0) is 14.6 Å². The standard InChI is InChI=1S/C14H19NO4S/c1-2-19-13-6-4-3-5-12(13)15-14(16)9-11-7-8-20(17,18)10-11/h3-6,11H,2,7-10H2,1H3,(H,15,16)/t11-/m0/s1. The Balaban J connectivity index is 1.95. The zero-order valence-corrected chi connectivity index (χ0v) is 12.3. The summed E-state index contributed by atoms with van der Waals surface area (Å²) in [6.07, 6.45) is 0.808. The van der Waals surface area contributed by atoms with Crippen molar-refractivity contribution in [2.24, 2.45) is 5.92 Å². The molecule has 20 heavy (non-hydrogen) atoms. The van der Waals surface area contributed by atoms with Gasteiger partial charge in [-0.25, -0.2) is 8.42 Å². The zero-order valence-electron chi connectivity index (χ0n) is 11.5. The second-order valence-electron chi connectivity index (χ2n) is 4.95. The normalized spacial score (nSPS) is 20.6. The van der Waals surface area contributed by atoms with Gasteiger partial charge < -0.3 is 10.1 Å². The maximum absolute atomic E-state index is 12.0. The summed E-state index contributed by atoms with van der Waals surface area (Å²) < 4.78 is 28.2. The van der Waals surface area contributed by atoms with Gasteiger partial charge in [-0.1, -0.05) is 12.1 Å². The molecule has 6 heteroatoms. The second-order valence-corrected chi connectivity index (χ2v) is 7.18. The predicted molar refractivity (Wildman–Crippen MR) is 77.6 cm³/mol. The van der Waals surface area contributed by atoms with Crippen LogP contribution >= 0.6 is 0 Å². The Bertz CT molecular complexity index is 583. The Hall–Kier alpha value is -1.56. The number of benzene rings is 1. The molecule has 1 atom stereocenters. The first-order chi connectivity index (χ1) is 9.50. The Kier molecular flexibility index (Phi) is 4.65. The molecule has 0 saturated carbocycles. The lowest BCUT2D eigenvalue weighted by Gasteiger charge is -2.12. The predicted octanol–water partition coefficient (Wildman–Crippen LogP) is 1.85. The van der Waals surface area contributed by atoms with Crippen LogP contribution in [0, 0.1) is 5.92 Å². The minimum Gasteiger partial charge on any atom is -0.492 e. The number of nitrogens with one attached hydrogen (secondary N) is 1. The molecular formula is C14H19NO4S. The fourth-order valence-electron chi connectivity index (χ4n) is 2.35. The van der Waals surface area contributed by atoms with Crippen LogP contribution in [0.15, 0.2) is 24.3 Å². The van der Waals surface area contributed by atoms with Gasteiger partial charge in [0.2, 0.25) is 5.91 Å². The largest absolute Gasteiger partial charge is 0.492 e. The SMILES string of the molecule is CCOc1ccccc1NC(=O)C[C@@H]1CCS(=O)(=O)C1. The number of carbonyl (C=O) groups excluding carboxylic acids is 1. The number of sulfone groups is 1. The molecule has 0 bridgehead atoms. The molecule has 1 aliphatic heterocycles. The highest BCUT2D eigenvalue weighted by Gasteiger charge is 2.29. The molecule has 0 aromatic heterocycles. The first-order valence-corrected chi connectivity index (χ1v) is 8.54. The zero-order chi connectivity index (χ0) is 14.6. The van der Waals surface area contributed by atoms with Crippen LogP contribution in [0.2, 0.25) is 0 Å². The summed E-state index contributed by atoms with van der Waals surface area (Å²) >= 11 is 0. The van der Waals surface area contributed by atoms with Gasteiger partial charge in [0.15, 0.2) is 9.84 Å². The van der Waals surface area contributed by atoms with E-state index in [9.17, 15) is 13.2 Å². The summed E-state index contributed by atoms with van der Waals surface area (Å²) in [7, 11) is -2.94. The van der Waals surface area contributed by atoms with Crippen LogP contribution in [0.25, 0.3) is 0 Å². The van der Waals surface area contributed by atoms with Crippen LogP contribution in [0.4, 0.5) is 5.69 Å². The third kappa shape index (κ3) is 3.96. The van der Waals surface area contributed by atoms with E-state index in [0.29, 0.717) is 24.5 Å². The van der Waals surface area contributed by atoms with Crippen LogP contribution in [0.5, 0.6) is 5.75 Å². The molecule has 1 aromatic carbocycles. The molecule has 0 unspecified atom stereocenters. The van der Waals surface area contributed by atoms with E-state index in [2.05, 4.69) is 5.32 Å². The minimum absolute atomic E-state index is 0.0701. The lowest BCUT2D eigenvalue weighted by molar-refractivity contribution is -0.116. The Labute approximate surface area is 119 Å². The molecule has 0 aliphatic carbocycles. The summed E-state index contributed by atoms with van der Waals surface area (Å²) in [4.78, 5) is 12.0. The van der Waals surface area contributed by atoms with Crippen molar-refractivity contribution in [1.82, 2.24) is 0 Å². The molecule has 0 radical (unpaired) electrons. The van der Waals surface area contributed by atoms with Gasteiger partial charge in [-0.3, -0.25) is 4.79 Å². The quantitative estimate of drug-likeness (QED) is 0.900. The van der Waals surface area contributed by atoms with E-state index in [1.165, 1.54) is 0 Å². The smallest absolute Gasteiger partial charge is 0.224 e. The fraction of sp³-hybridized carbons (Fsp3) is 0.500. The molecule has 1 heterocycles. The number of hydrogen-bond donors (Lipinski definition) is 1. The van der Waals surface area contributed by atoms with E-state index < -0.39 is 9.84 Å². The van der Waals surface area contributed by atoms with Crippen molar-refractivity contribution in [2.45, 2.75) is 19.8 Å². The van der Waals surface area contributed by atoms with Crippen molar-refractivity contribution in [3.8, 4) is 5.75 Å². The van der Waals surface area contributed by atoms with Crippen molar-refractivity contribution in [1.29, 1.82) is 0 Å². The highest BCUT2D eigenvalue weighted by molar-refractivity contribution is 7.91. The minimum atomic E-state index is -2.94. The van der Waals surface area contributed by atoms with E-state index >= 15 is 0 Å². The van der Waals surface area contributed by atoms with Gasteiger partial charge in [0.05, 0.1) is 23.8 Å². The van der Waals surface area contributed by atoms with Gasteiger partial charge in [-0.15, -0.1) is 0 Å².